The highest BCUT2D eigenvalue weighted by Gasteiger charge is 2.22. The van der Waals surface area contributed by atoms with Gasteiger partial charge in [-0.2, -0.15) is 9.78 Å². The molecule has 0 aliphatic carbocycles. The van der Waals surface area contributed by atoms with Crippen LogP contribution in [0.3, 0.4) is 0 Å². The first-order valence-corrected chi connectivity index (χ1v) is 10.2. The van der Waals surface area contributed by atoms with Gasteiger partial charge in [-0.25, -0.2) is 4.98 Å². The summed E-state index contributed by atoms with van der Waals surface area (Å²) in [7, 11) is 0. The number of carbonyl (C=O) groups excluding carboxylic acids is 2. The molecule has 3 aromatic rings. The van der Waals surface area contributed by atoms with Crippen LogP contribution in [-0.2, 0) is 5.41 Å². The minimum Gasteiger partial charge on any atom is -0.347 e. The Morgan fingerprint density at radius 3 is 2.00 bits per heavy atom. The van der Waals surface area contributed by atoms with E-state index in [1.54, 1.807) is 35.1 Å². The van der Waals surface area contributed by atoms with E-state index in [1.165, 1.54) is 0 Å². The number of hydrogen-bond donors (Lipinski definition) is 2. The Morgan fingerprint density at radius 1 is 0.871 bits per heavy atom. The number of carbonyl (C=O) groups is 2. The predicted molar refractivity (Wildman–Crippen MR) is 122 cm³/mol. The van der Waals surface area contributed by atoms with Gasteiger partial charge in [-0.15, -0.1) is 0 Å². The van der Waals surface area contributed by atoms with Gasteiger partial charge in [-0.05, 0) is 57.2 Å². The van der Waals surface area contributed by atoms with E-state index in [4.69, 9.17) is 0 Å². The van der Waals surface area contributed by atoms with Crippen molar-refractivity contribution in [2.24, 2.45) is 0 Å². The molecule has 0 bridgehead atoms. The average molecular weight is 420 g/mol. The molecule has 2 heterocycles. The number of aromatic nitrogens is 3. The summed E-state index contributed by atoms with van der Waals surface area (Å²) in [5.41, 5.74) is 1.25. The number of nitrogens with zero attached hydrogens (tertiary/aromatic N) is 3. The lowest BCUT2D eigenvalue weighted by Gasteiger charge is -2.20. The lowest BCUT2D eigenvalue weighted by Crippen LogP contribution is -2.40. The summed E-state index contributed by atoms with van der Waals surface area (Å²) < 4.78 is 1.63. The van der Waals surface area contributed by atoms with Gasteiger partial charge < -0.3 is 10.6 Å². The summed E-state index contributed by atoms with van der Waals surface area (Å²) in [4.78, 5) is 29.5. The van der Waals surface area contributed by atoms with Crippen LogP contribution in [-0.4, -0.2) is 32.1 Å². The second kappa shape index (κ2) is 8.34. The Kier molecular flexibility index (Phi) is 5.97. The third-order valence-corrected chi connectivity index (χ3v) is 4.48. The van der Waals surface area contributed by atoms with Gasteiger partial charge in [0.15, 0.2) is 5.82 Å². The molecule has 2 N–H and O–H groups in total. The normalized spacial score (nSPS) is 11.8. The van der Waals surface area contributed by atoms with Crippen LogP contribution in [0.25, 0.3) is 5.82 Å². The Balaban J connectivity index is 1.85. The summed E-state index contributed by atoms with van der Waals surface area (Å²) in [5.74, 6) is 0.675. The maximum Gasteiger partial charge on any atom is 0.256 e. The number of pyridine rings is 1. The van der Waals surface area contributed by atoms with E-state index in [0.29, 0.717) is 22.8 Å². The largest absolute Gasteiger partial charge is 0.347 e. The minimum atomic E-state index is -0.332. The molecular formula is C24H29N5O2. The van der Waals surface area contributed by atoms with E-state index in [9.17, 15) is 9.59 Å². The first-order valence-electron chi connectivity index (χ1n) is 10.2. The van der Waals surface area contributed by atoms with Gasteiger partial charge in [0.05, 0.1) is 5.69 Å². The van der Waals surface area contributed by atoms with Gasteiger partial charge in [0.1, 0.15) is 5.82 Å². The fourth-order valence-electron chi connectivity index (χ4n) is 2.86. The van der Waals surface area contributed by atoms with Crippen molar-refractivity contribution in [3.63, 3.8) is 0 Å². The molecule has 0 saturated carbocycles. The molecule has 0 unspecified atom stereocenters. The maximum atomic E-state index is 12.9. The molecule has 2 amide bonds. The summed E-state index contributed by atoms with van der Waals surface area (Å²) in [5, 5.41) is 10.5. The van der Waals surface area contributed by atoms with Crippen LogP contribution < -0.4 is 10.6 Å². The molecule has 7 nitrogen and oxygen atoms in total. The van der Waals surface area contributed by atoms with Crippen molar-refractivity contribution in [2.45, 2.75) is 52.5 Å². The van der Waals surface area contributed by atoms with Crippen LogP contribution in [0.1, 0.15) is 68.0 Å². The maximum absolute atomic E-state index is 12.9. The van der Waals surface area contributed by atoms with Crippen LogP contribution in [0.4, 0.5) is 5.82 Å². The van der Waals surface area contributed by atoms with E-state index < -0.39 is 0 Å². The number of hydrogen-bond acceptors (Lipinski definition) is 4. The molecule has 0 radical (unpaired) electrons. The highest BCUT2D eigenvalue weighted by atomic mass is 16.2. The summed E-state index contributed by atoms with van der Waals surface area (Å²) in [6, 6.07) is 14.0. The van der Waals surface area contributed by atoms with E-state index in [1.807, 2.05) is 45.0 Å². The van der Waals surface area contributed by atoms with Crippen molar-refractivity contribution < 1.29 is 9.59 Å². The van der Waals surface area contributed by atoms with Gasteiger partial charge in [0.2, 0.25) is 0 Å². The Morgan fingerprint density at radius 2 is 1.48 bits per heavy atom. The second-order valence-corrected chi connectivity index (χ2v) is 9.50. The molecule has 0 aliphatic rings. The number of rotatable bonds is 4. The van der Waals surface area contributed by atoms with Gasteiger partial charge in [-0.1, -0.05) is 26.8 Å². The average Bonchev–Trinajstić information content (AvgIpc) is 3.12. The van der Waals surface area contributed by atoms with Gasteiger partial charge >= 0.3 is 0 Å². The van der Waals surface area contributed by atoms with E-state index in [0.717, 1.165) is 5.69 Å². The predicted octanol–water partition coefficient (Wildman–Crippen LogP) is 4.35. The molecular weight excluding hydrogens is 390 g/mol. The quantitative estimate of drug-likeness (QED) is 0.658. The van der Waals surface area contributed by atoms with Gasteiger partial charge in [0.25, 0.3) is 11.8 Å². The number of amides is 2. The van der Waals surface area contributed by atoms with Crippen LogP contribution in [0, 0.1) is 0 Å². The molecule has 0 fully saturated rings. The molecule has 7 heteroatoms. The van der Waals surface area contributed by atoms with Crippen molar-refractivity contribution in [1.29, 1.82) is 0 Å². The molecule has 2 aromatic heterocycles. The van der Waals surface area contributed by atoms with E-state index in [-0.39, 0.29) is 22.8 Å². The van der Waals surface area contributed by atoms with Crippen LogP contribution in [0.15, 0.2) is 54.7 Å². The molecule has 1 aromatic carbocycles. The second-order valence-electron chi connectivity index (χ2n) is 9.50. The zero-order chi connectivity index (χ0) is 22.8. The standard InChI is InChI=1S/C24H29N5O2/c1-23(2,3)18-15-20(29(28-18)19-9-7-8-14-25-19)26-21(30)16-10-12-17(13-11-16)22(31)27-24(4,5)6/h7-15H,1-6H3,(H,26,30)(H,27,31). The third-order valence-electron chi connectivity index (χ3n) is 4.48. The molecule has 3 rings (SSSR count). The van der Waals surface area contributed by atoms with E-state index >= 15 is 0 Å². The highest BCUT2D eigenvalue weighted by molar-refractivity contribution is 6.04. The Hall–Kier alpha value is -3.48. The Labute approximate surface area is 182 Å². The van der Waals surface area contributed by atoms with Crippen LogP contribution in [0.2, 0.25) is 0 Å². The van der Waals surface area contributed by atoms with Crippen LogP contribution >= 0.6 is 0 Å². The van der Waals surface area contributed by atoms with Crippen LogP contribution in [0.5, 0.6) is 0 Å². The summed E-state index contributed by atoms with van der Waals surface area (Å²) in [6.45, 7) is 11.9. The SMILES string of the molecule is CC(C)(C)NC(=O)c1ccc(C(=O)Nc2cc(C(C)(C)C)nn2-c2ccccn2)cc1. The number of benzene rings is 1. The number of nitrogens with one attached hydrogen (secondary N) is 2. The molecule has 0 saturated heterocycles. The van der Waals surface area contributed by atoms with Gasteiger partial charge in [0, 0.05) is 34.3 Å². The van der Waals surface area contributed by atoms with Crippen molar-refractivity contribution in [1.82, 2.24) is 20.1 Å². The molecule has 162 valence electrons. The molecule has 0 aliphatic heterocycles. The fourth-order valence-corrected chi connectivity index (χ4v) is 2.86. The lowest BCUT2D eigenvalue weighted by molar-refractivity contribution is 0.0918. The van der Waals surface area contributed by atoms with Gasteiger partial charge in [-0.3, -0.25) is 9.59 Å². The zero-order valence-electron chi connectivity index (χ0n) is 18.9. The Bertz CT molecular complexity index is 1070. The van der Waals surface area contributed by atoms with Crippen molar-refractivity contribution in [3.05, 3.63) is 71.5 Å². The minimum absolute atomic E-state index is 0.178. The fraction of sp³-hybridized carbons (Fsp3) is 0.333. The molecule has 0 atom stereocenters. The smallest absolute Gasteiger partial charge is 0.256 e. The summed E-state index contributed by atoms with van der Waals surface area (Å²) >= 11 is 0. The lowest BCUT2D eigenvalue weighted by atomic mass is 9.92. The highest BCUT2D eigenvalue weighted by Crippen LogP contribution is 2.26. The summed E-state index contributed by atoms with van der Waals surface area (Å²) in [6.07, 6.45) is 1.68. The topological polar surface area (TPSA) is 88.9 Å². The van der Waals surface area contributed by atoms with Crippen molar-refractivity contribution in [2.75, 3.05) is 5.32 Å². The molecule has 31 heavy (non-hydrogen) atoms. The van der Waals surface area contributed by atoms with Crippen molar-refractivity contribution >= 4 is 17.6 Å². The van der Waals surface area contributed by atoms with E-state index in [2.05, 4.69) is 41.5 Å². The molecule has 0 spiro atoms. The first kappa shape index (κ1) is 22.2. The van der Waals surface area contributed by atoms with Crippen molar-refractivity contribution in [3.8, 4) is 5.82 Å². The number of anilines is 1. The first-order chi connectivity index (χ1) is 14.4. The monoisotopic (exact) mass is 419 g/mol. The zero-order valence-corrected chi connectivity index (χ0v) is 18.9. The third kappa shape index (κ3) is 5.57.